The van der Waals surface area contributed by atoms with E-state index in [2.05, 4.69) is 30.3 Å². The fourth-order valence-electron chi connectivity index (χ4n) is 3.77. The SMILES string of the molecule is C.COc1cc(O)cc(Nc2nc3ccccc3nc2NS(=O)(=O)c2cccc(NC(=O)c3cccc(=O)[nH]3)c2)c1. The summed E-state index contributed by atoms with van der Waals surface area (Å²) in [5.41, 5.74) is 1.08. The molecule has 0 fully saturated rings. The van der Waals surface area contributed by atoms with Crippen LogP contribution in [0.4, 0.5) is 23.0 Å². The van der Waals surface area contributed by atoms with E-state index in [1.54, 1.807) is 30.3 Å². The van der Waals surface area contributed by atoms with Gasteiger partial charge in [0.05, 0.1) is 23.0 Å². The maximum absolute atomic E-state index is 13.4. The van der Waals surface area contributed by atoms with Crippen LogP contribution in [0, 0.1) is 0 Å². The molecular formula is C28H26N6O6S. The van der Waals surface area contributed by atoms with Crippen molar-refractivity contribution in [1.29, 1.82) is 0 Å². The molecule has 5 N–H and O–H groups in total. The van der Waals surface area contributed by atoms with Gasteiger partial charge in [0.2, 0.25) is 5.56 Å². The number of pyridine rings is 1. The monoisotopic (exact) mass is 574 g/mol. The predicted molar refractivity (Wildman–Crippen MR) is 156 cm³/mol. The van der Waals surface area contributed by atoms with Crippen LogP contribution in [0.3, 0.4) is 0 Å². The van der Waals surface area contributed by atoms with Gasteiger partial charge in [0.1, 0.15) is 17.2 Å². The Hall–Kier alpha value is -5.43. The molecule has 0 atom stereocenters. The smallest absolute Gasteiger partial charge is 0.272 e. The maximum Gasteiger partial charge on any atom is 0.272 e. The second-order valence-electron chi connectivity index (χ2n) is 8.47. The molecule has 0 aliphatic heterocycles. The van der Waals surface area contributed by atoms with Gasteiger partial charge < -0.3 is 25.5 Å². The van der Waals surface area contributed by atoms with E-state index in [-0.39, 0.29) is 41.1 Å². The highest BCUT2D eigenvalue weighted by atomic mass is 32.2. The number of methoxy groups -OCH3 is 1. The van der Waals surface area contributed by atoms with E-state index in [9.17, 15) is 23.1 Å². The highest BCUT2D eigenvalue weighted by Crippen LogP contribution is 2.31. The molecule has 0 aliphatic carbocycles. The van der Waals surface area contributed by atoms with Gasteiger partial charge in [0.15, 0.2) is 11.6 Å². The van der Waals surface area contributed by atoms with Crippen LogP contribution >= 0.6 is 0 Å². The van der Waals surface area contributed by atoms with Crippen molar-refractivity contribution < 1.29 is 23.1 Å². The third-order valence-corrected chi connectivity index (χ3v) is 6.94. The van der Waals surface area contributed by atoms with Gasteiger partial charge >= 0.3 is 0 Å². The molecule has 3 aromatic carbocycles. The number of carbonyl (C=O) groups is 1. The van der Waals surface area contributed by atoms with Gasteiger partial charge in [0.25, 0.3) is 15.9 Å². The molecule has 0 saturated heterocycles. The average molecular weight is 575 g/mol. The number of rotatable bonds is 8. The van der Waals surface area contributed by atoms with E-state index in [0.717, 1.165) is 0 Å². The lowest BCUT2D eigenvalue weighted by Gasteiger charge is -2.15. The Labute approximate surface area is 235 Å². The van der Waals surface area contributed by atoms with Gasteiger partial charge in [-0.05, 0) is 36.4 Å². The largest absolute Gasteiger partial charge is 0.508 e. The molecule has 0 aliphatic rings. The summed E-state index contributed by atoms with van der Waals surface area (Å²) in [7, 11) is -2.77. The fourth-order valence-corrected chi connectivity index (χ4v) is 4.83. The Morgan fingerprint density at radius 1 is 0.878 bits per heavy atom. The molecule has 5 aromatic rings. The van der Waals surface area contributed by atoms with Crippen LogP contribution in [-0.4, -0.2) is 41.5 Å². The van der Waals surface area contributed by atoms with Crippen LogP contribution in [0.5, 0.6) is 11.5 Å². The topological polar surface area (TPSA) is 175 Å². The Balaban J connectivity index is 0.00000387. The third kappa shape index (κ3) is 6.59. The lowest BCUT2D eigenvalue weighted by atomic mass is 10.2. The van der Waals surface area contributed by atoms with Crippen molar-refractivity contribution >= 4 is 50.0 Å². The number of aromatic amines is 1. The minimum atomic E-state index is -4.22. The number of anilines is 4. The normalized spacial score (nSPS) is 10.9. The number of nitrogens with zero attached hydrogens (tertiary/aromatic N) is 2. The number of H-pyrrole nitrogens is 1. The molecule has 0 spiro atoms. The molecule has 41 heavy (non-hydrogen) atoms. The number of para-hydroxylation sites is 2. The summed E-state index contributed by atoms with van der Waals surface area (Å²) in [6.45, 7) is 0. The number of phenols is 1. The van der Waals surface area contributed by atoms with Crippen LogP contribution in [0.2, 0.25) is 0 Å². The number of fused-ring (bicyclic) bond motifs is 1. The fraction of sp³-hybridized carbons (Fsp3) is 0.0714. The molecule has 5 rings (SSSR count). The number of hydrogen-bond donors (Lipinski definition) is 5. The number of phenolic OH excluding ortho intramolecular Hbond substituents is 1. The number of aromatic hydroxyl groups is 1. The number of benzene rings is 3. The molecular weight excluding hydrogens is 548 g/mol. The Morgan fingerprint density at radius 3 is 2.29 bits per heavy atom. The Bertz CT molecular complexity index is 1910. The van der Waals surface area contributed by atoms with Gasteiger partial charge in [-0.2, -0.15) is 0 Å². The van der Waals surface area contributed by atoms with Gasteiger partial charge in [-0.1, -0.05) is 31.7 Å². The second-order valence-corrected chi connectivity index (χ2v) is 10.2. The van der Waals surface area contributed by atoms with Crippen molar-refractivity contribution in [3.05, 3.63) is 101 Å². The first-order chi connectivity index (χ1) is 19.2. The number of aromatic nitrogens is 3. The molecule has 0 bridgehead atoms. The third-order valence-electron chi connectivity index (χ3n) is 5.61. The minimum absolute atomic E-state index is 0. The molecule has 0 unspecified atom stereocenters. The van der Waals surface area contributed by atoms with Crippen LogP contribution in [0.25, 0.3) is 11.0 Å². The van der Waals surface area contributed by atoms with Crippen molar-refractivity contribution in [1.82, 2.24) is 15.0 Å². The molecule has 0 saturated carbocycles. The van der Waals surface area contributed by atoms with E-state index in [1.165, 1.54) is 61.7 Å². The van der Waals surface area contributed by atoms with Crippen LogP contribution in [0.1, 0.15) is 17.9 Å². The number of sulfonamides is 1. The summed E-state index contributed by atoms with van der Waals surface area (Å²) >= 11 is 0. The first kappa shape index (κ1) is 28.6. The molecule has 2 aromatic heterocycles. The number of nitrogens with one attached hydrogen (secondary N) is 4. The zero-order valence-electron chi connectivity index (χ0n) is 20.9. The number of hydrogen-bond acceptors (Lipinski definition) is 9. The van der Waals surface area contributed by atoms with Crippen LogP contribution in [-0.2, 0) is 10.0 Å². The summed E-state index contributed by atoms with van der Waals surface area (Å²) in [6, 6.07) is 21.1. The standard InChI is InChI=1S/C27H22N6O6S.CH4/c1-39-19-13-17(12-18(34)15-19)28-25-26(32-22-9-3-2-8-21(22)31-25)33-40(37,38)20-7-4-6-16(14-20)29-27(36)23-10-5-11-24(35)30-23;/h2-15,34H,1H3,(H,28,31)(H,29,36)(H,30,35)(H,32,33);1H4. The van der Waals surface area contributed by atoms with Gasteiger partial charge in [-0.3, -0.25) is 14.3 Å². The average Bonchev–Trinajstić information content (AvgIpc) is 2.93. The van der Waals surface area contributed by atoms with E-state index in [1.807, 2.05) is 0 Å². The second kappa shape index (κ2) is 11.8. The van der Waals surface area contributed by atoms with E-state index in [0.29, 0.717) is 22.5 Å². The number of amides is 1. The summed E-state index contributed by atoms with van der Waals surface area (Å²) in [5.74, 6) is -0.341. The Morgan fingerprint density at radius 2 is 1.59 bits per heavy atom. The first-order valence-corrected chi connectivity index (χ1v) is 13.2. The first-order valence-electron chi connectivity index (χ1n) is 11.8. The molecule has 13 heteroatoms. The van der Waals surface area contributed by atoms with Crippen molar-refractivity contribution in [3.63, 3.8) is 0 Å². The van der Waals surface area contributed by atoms with Gasteiger partial charge in [0, 0.05) is 35.6 Å². The van der Waals surface area contributed by atoms with Crippen molar-refractivity contribution in [2.45, 2.75) is 12.3 Å². The van der Waals surface area contributed by atoms with Crippen molar-refractivity contribution in [2.24, 2.45) is 0 Å². The number of ether oxygens (including phenoxy) is 1. The lowest BCUT2D eigenvalue weighted by molar-refractivity contribution is 0.102. The number of carbonyl (C=O) groups excluding carboxylic acids is 1. The van der Waals surface area contributed by atoms with Crippen molar-refractivity contribution in [2.75, 3.05) is 22.5 Å². The van der Waals surface area contributed by atoms with Gasteiger partial charge in [-0.25, -0.2) is 18.4 Å². The zero-order chi connectivity index (χ0) is 28.3. The summed E-state index contributed by atoms with van der Waals surface area (Å²) < 4.78 is 34.5. The quantitative estimate of drug-likeness (QED) is 0.179. The molecule has 2 heterocycles. The summed E-state index contributed by atoms with van der Waals surface area (Å²) in [6.07, 6.45) is 0. The summed E-state index contributed by atoms with van der Waals surface area (Å²) in [5, 5.41) is 15.6. The minimum Gasteiger partial charge on any atom is -0.508 e. The zero-order valence-corrected chi connectivity index (χ0v) is 21.7. The van der Waals surface area contributed by atoms with E-state index in [4.69, 9.17) is 4.74 Å². The van der Waals surface area contributed by atoms with Gasteiger partial charge in [-0.15, -0.1) is 0 Å². The highest BCUT2D eigenvalue weighted by Gasteiger charge is 2.20. The van der Waals surface area contributed by atoms with E-state index >= 15 is 0 Å². The highest BCUT2D eigenvalue weighted by molar-refractivity contribution is 7.92. The molecule has 0 radical (unpaired) electrons. The molecule has 12 nitrogen and oxygen atoms in total. The van der Waals surface area contributed by atoms with Crippen molar-refractivity contribution in [3.8, 4) is 11.5 Å². The molecule has 1 amide bonds. The predicted octanol–water partition coefficient (Wildman–Crippen LogP) is 4.47. The van der Waals surface area contributed by atoms with Crippen LogP contribution in [0.15, 0.2) is 94.6 Å². The van der Waals surface area contributed by atoms with E-state index < -0.39 is 21.5 Å². The Kier molecular flexibility index (Phi) is 8.19. The summed E-state index contributed by atoms with van der Waals surface area (Å²) in [4.78, 5) is 35.3. The molecule has 210 valence electrons. The van der Waals surface area contributed by atoms with Crippen LogP contribution < -0.4 is 25.7 Å². The lowest BCUT2D eigenvalue weighted by Crippen LogP contribution is -2.19. The maximum atomic E-state index is 13.4.